The maximum atomic E-state index is 12.2. The third-order valence-electron chi connectivity index (χ3n) is 15.0. The van der Waals surface area contributed by atoms with Gasteiger partial charge in [-0.15, -0.1) is 22.7 Å². The van der Waals surface area contributed by atoms with Crippen LogP contribution in [0.15, 0.2) is 231 Å². The van der Waals surface area contributed by atoms with Gasteiger partial charge in [-0.3, -0.25) is 0 Å². The van der Waals surface area contributed by atoms with Gasteiger partial charge < -0.3 is 9.13 Å². The molecule has 0 spiro atoms. The molecule has 15 rings (SSSR count). The molecule has 342 valence electrons. The Kier molecular flexibility index (Phi) is 9.40. The Morgan fingerprint density at radius 1 is 0.311 bits per heavy atom. The maximum absolute atomic E-state index is 12.2. The van der Waals surface area contributed by atoms with Gasteiger partial charge in [0.25, 0.3) is 0 Å². The Labute approximate surface area is 433 Å². The fourth-order valence-electron chi connectivity index (χ4n) is 11.9. The van der Waals surface area contributed by atoms with E-state index < -0.39 is 0 Å². The minimum atomic E-state index is 0.424. The van der Waals surface area contributed by atoms with Crippen LogP contribution < -0.4 is 0 Å². The lowest BCUT2D eigenvalue weighted by molar-refractivity contribution is 1.13. The predicted octanol–water partition coefficient (Wildman–Crippen LogP) is 19.0. The van der Waals surface area contributed by atoms with Crippen LogP contribution in [0.4, 0.5) is 0 Å². The predicted molar refractivity (Wildman–Crippen MR) is 312 cm³/mol. The number of hydrogen-bond donors (Lipinski definition) is 0. The fourth-order valence-corrected chi connectivity index (χ4v) is 14.4. The van der Waals surface area contributed by atoms with Crippen LogP contribution in [0, 0.1) is 22.7 Å². The first-order valence-corrected chi connectivity index (χ1v) is 26.3. The highest BCUT2D eigenvalue weighted by Crippen LogP contribution is 2.53. The summed E-state index contributed by atoms with van der Waals surface area (Å²) in [6, 6.07) is 87.1. The number of aromatic nitrogens is 2. The fraction of sp³-hybridized carbons (Fsp3) is 0. The highest BCUT2D eigenvalue weighted by molar-refractivity contribution is 7.27. The maximum Gasteiger partial charge on any atom is 0.102 e. The summed E-state index contributed by atoms with van der Waals surface area (Å²) in [4.78, 5) is 0. The minimum Gasteiger partial charge on any atom is -0.307 e. The zero-order valence-electron chi connectivity index (χ0n) is 39.5. The summed E-state index contributed by atoms with van der Waals surface area (Å²) in [5.41, 5.74) is 13.8. The number of rotatable bonds is 6. The lowest BCUT2D eigenvalue weighted by atomic mass is 9.86. The van der Waals surface area contributed by atoms with Crippen LogP contribution in [0.2, 0.25) is 0 Å². The van der Waals surface area contributed by atoms with Gasteiger partial charge in [0, 0.05) is 63.6 Å². The summed E-state index contributed by atoms with van der Waals surface area (Å²) < 4.78 is 9.44. The smallest absolute Gasteiger partial charge is 0.102 e. The number of nitriles is 2. The lowest BCUT2D eigenvalue weighted by Crippen LogP contribution is -2.11. The Morgan fingerprint density at radius 3 is 1.30 bits per heavy atom. The normalized spacial score (nSPS) is 11.8. The third kappa shape index (κ3) is 6.05. The van der Waals surface area contributed by atoms with Crippen molar-refractivity contribution in [3.8, 4) is 68.0 Å². The van der Waals surface area contributed by atoms with Crippen molar-refractivity contribution in [2.24, 2.45) is 0 Å². The van der Waals surface area contributed by atoms with E-state index in [1.165, 1.54) is 20.2 Å². The first-order valence-electron chi connectivity index (χ1n) is 24.7. The second-order valence-electron chi connectivity index (χ2n) is 18.9. The molecule has 0 unspecified atom stereocenters. The van der Waals surface area contributed by atoms with E-state index in [4.69, 9.17) is 0 Å². The average Bonchev–Trinajstić information content (AvgIpc) is 4.31. The topological polar surface area (TPSA) is 57.4 Å². The van der Waals surface area contributed by atoms with Crippen LogP contribution in [0.1, 0.15) is 11.1 Å². The van der Waals surface area contributed by atoms with Crippen molar-refractivity contribution in [1.29, 1.82) is 10.5 Å². The molecule has 4 heterocycles. The molecule has 0 fully saturated rings. The minimum absolute atomic E-state index is 0.424. The van der Waals surface area contributed by atoms with Gasteiger partial charge in [-0.1, -0.05) is 206 Å². The molecule has 6 heteroatoms. The van der Waals surface area contributed by atoms with E-state index in [2.05, 4.69) is 215 Å². The van der Waals surface area contributed by atoms with E-state index in [0.29, 0.717) is 22.4 Å². The summed E-state index contributed by atoms with van der Waals surface area (Å²) in [5.74, 6) is 0. The highest BCUT2D eigenvalue weighted by Gasteiger charge is 2.33. The average molecular weight is 975 g/mol. The van der Waals surface area contributed by atoms with Gasteiger partial charge in [-0.05, 0) is 57.6 Å². The molecule has 0 saturated carbocycles. The molecule has 0 atom stereocenters. The summed E-state index contributed by atoms with van der Waals surface area (Å²) in [6.45, 7) is 0. The van der Waals surface area contributed by atoms with Crippen molar-refractivity contribution in [3.05, 3.63) is 242 Å². The summed E-state index contributed by atoms with van der Waals surface area (Å²) in [5, 5.41) is 33.4. The van der Waals surface area contributed by atoms with Crippen LogP contribution in [0.5, 0.6) is 0 Å². The molecule has 0 radical (unpaired) electrons. The number of hydrogen-bond acceptors (Lipinski definition) is 4. The summed E-state index contributed by atoms with van der Waals surface area (Å²) in [6.07, 6.45) is 0. The standard InChI is InChI=1S/C68H38N4S2/c69-39-55-61(42-20-6-2-7-21-42)56(40-70)64(72-65-51(34-36-53-49-27-13-16-30-59(49)73-67(53)65)52-35-37-54-50-28-14-17-31-60(50)74-68(54)66(52)72)62(43-22-8-3-9-23-43)63(55)71-57-29-15-12-26-47(57)48-33-32-44(38-58(48)71)46-25-11-10-24-45(46)41-18-4-1-5-19-41/h1-38H. The van der Waals surface area contributed by atoms with Gasteiger partial charge >= 0.3 is 0 Å². The molecule has 15 aromatic rings. The van der Waals surface area contributed by atoms with E-state index in [1.807, 2.05) is 36.4 Å². The largest absolute Gasteiger partial charge is 0.307 e. The Balaban J connectivity index is 1.20. The molecule has 74 heavy (non-hydrogen) atoms. The number of fused-ring (bicyclic) bond motifs is 14. The molecular weight excluding hydrogens is 937 g/mol. The van der Waals surface area contributed by atoms with Crippen molar-refractivity contribution in [2.45, 2.75) is 0 Å². The molecule has 0 N–H and O–H groups in total. The molecule has 0 aliphatic rings. The lowest BCUT2D eigenvalue weighted by Gasteiger charge is -2.25. The monoisotopic (exact) mass is 974 g/mol. The molecule has 4 nitrogen and oxygen atoms in total. The molecule has 0 saturated heterocycles. The van der Waals surface area contributed by atoms with E-state index in [9.17, 15) is 10.5 Å². The second kappa shape index (κ2) is 16.5. The van der Waals surface area contributed by atoms with Gasteiger partial charge in [0.1, 0.15) is 12.1 Å². The van der Waals surface area contributed by atoms with Crippen LogP contribution >= 0.6 is 22.7 Å². The first-order chi connectivity index (χ1) is 36.7. The van der Waals surface area contributed by atoms with Crippen LogP contribution in [-0.4, -0.2) is 9.13 Å². The summed E-state index contributed by atoms with van der Waals surface area (Å²) in [7, 11) is 0. The van der Waals surface area contributed by atoms with Crippen molar-refractivity contribution < 1.29 is 0 Å². The number of benzene rings is 11. The molecule has 0 amide bonds. The van der Waals surface area contributed by atoms with Crippen molar-refractivity contribution in [3.63, 3.8) is 0 Å². The van der Waals surface area contributed by atoms with Crippen molar-refractivity contribution >= 4 is 107 Å². The van der Waals surface area contributed by atoms with Gasteiger partial charge in [0.15, 0.2) is 0 Å². The van der Waals surface area contributed by atoms with E-state index in [-0.39, 0.29) is 0 Å². The van der Waals surface area contributed by atoms with E-state index in [1.54, 1.807) is 22.7 Å². The number of thiophene rings is 2. The molecular formula is C68H38N4S2. The van der Waals surface area contributed by atoms with E-state index >= 15 is 0 Å². The molecule has 0 aliphatic carbocycles. The van der Waals surface area contributed by atoms with E-state index in [0.717, 1.165) is 108 Å². The second-order valence-corrected chi connectivity index (χ2v) is 21.0. The quantitative estimate of drug-likeness (QED) is 0.167. The van der Waals surface area contributed by atoms with Crippen molar-refractivity contribution in [2.75, 3.05) is 0 Å². The molecule has 4 aromatic heterocycles. The zero-order valence-corrected chi connectivity index (χ0v) is 41.2. The SMILES string of the molecule is N#Cc1c(-c2ccccc2)c(C#N)c(-n2c3c(ccc4c5ccccc5sc43)c3ccc4c5ccccc5sc4c32)c(-c2ccccc2)c1-n1c2ccccc2c2ccc(-c3ccccc3-c3ccccc3)cc21. The number of nitrogens with zero attached hydrogens (tertiary/aromatic N) is 4. The van der Waals surface area contributed by atoms with Crippen LogP contribution in [-0.2, 0) is 0 Å². The van der Waals surface area contributed by atoms with Gasteiger partial charge in [0.05, 0.1) is 54.0 Å². The van der Waals surface area contributed by atoms with Gasteiger partial charge in [0.2, 0.25) is 0 Å². The first kappa shape index (κ1) is 42.2. The Morgan fingerprint density at radius 2 is 0.730 bits per heavy atom. The summed E-state index contributed by atoms with van der Waals surface area (Å²) >= 11 is 3.59. The zero-order chi connectivity index (χ0) is 49.0. The third-order valence-corrected chi connectivity index (χ3v) is 17.4. The van der Waals surface area contributed by atoms with Crippen molar-refractivity contribution in [1.82, 2.24) is 9.13 Å². The van der Waals surface area contributed by atoms with Gasteiger partial charge in [-0.25, -0.2) is 0 Å². The Bertz CT molecular complexity index is 4780. The van der Waals surface area contributed by atoms with Gasteiger partial charge in [-0.2, -0.15) is 10.5 Å². The highest BCUT2D eigenvalue weighted by atomic mass is 32.1. The molecule has 0 bridgehead atoms. The molecule has 11 aromatic carbocycles. The number of para-hydroxylation sites is 1. The molecule has 0 aliphatic heterocycles. The van der Waals surface area contributed by atoms with Crippen LogP contribution in [0.3, 0.4) is 0 Å². The van der Waals surface area contributed by atoms with Crippen LogP contribution in [0.25, 0.3) is 140 Å². The Hall–Kier alpha value is -9.56.